The Morgan fingerprint density at radius 2 is 1.87 bits per heavy atom. The van der Waals surface area contributed by atoms with Crippen molar-refractivity contribution in [1.29, 1.82) is 0 Å². The molecule has 0 bridgehead atoms. The smallest absolute Gasteiger partial charge is 0.332 e. The summed E-state index contributed by atoms with van der Waals surface area (Å²) in [5.41, 5.74) is 0.618. The van der Waals surface area contributed by atoms with Gasteiger partial charge in [-0.1, -0.05) is 0 Å². The highest BCUT2D eigenvalue weighted by Crippen LogP contribution is 2.23. The molecule has 0 aromatic heterocycles. The highest BCUT2D eigenvalue weighted by molar-refractivity contribution is 5.94. The number of aliphatic carboxylic acids is 1. The lowest BCUT2D eigenvalue weighted by Gasteiger charge is -2.14. The first-order valence-electron chi connectivity index (χ1n) is 7.65. The van der Waals surface area contributed by atoms with Gasteiger partial charge in [-0.2, -0.15) is 0 Å². The fraction of sp³-hybridized carbons (Fsp3) is 0.500. The molecule has 2 aliphatic rings. The summed E-state index contributed by atoms with van der Waals surface area (Å²) in [4.78, 5) is 22.9. The molecule has 2 fully saturated rings. The summed E-state index contributed by atoms with van der Waals surface area (Å²) in [6.07, 6.45) is 0.102. The van der Waals surface area contributed by atoms with Crippen LogP contribution >= 0.6 is 0 Å². The van der Waals surface area contributed by atoms with E-state index in [1.807, 2.05) is 0 Å². The first-order chi connectivity index (χ1) is 11.1. The fourth-order valence-corrected chi connectivity index (χ4v) is 2.65. The monoisotopic (exact) mass is 321 g/mol. The van der Waals surface area contributed by atoms with Gasteiger partial charge in [0.05, 0.1) is 13.2 Å². The zero-order valence-corrected chi connectivity index (χ0v) is 12.6. The molecule has 2 saturated heterocycles. The second-order valence-corrected chi connectivity index (χ2v) is 5.65. The van der Waals surface area contributed by atoms with E-state index < -0.39 is 18.2 Å². The van der Waals surface area contributed by atoms with E-state index in [1.165, 1.54) is 0 Å². The van der Waals surface area contributed by atoms with Crippen molar-refractivity contribution in [3.8, 4) is 5.75 Å². The minimum absolute atomic E-state index is 0.0790. The Labute approximate surface area is 133 Å². The third kappa shape index (κ3) is 4.00. The van der Waals surface area contributed by atoms with Crippen LogP contribution in [0.3, 0.4) is 0 Å². The number of hydrogen-bond donors (Lipinski definition) is 2. The Morgan fingerprint density at radius 3 is 2.48 bits per heavy atom. The maximum absolute atomic E-state index is 12.1. The van der Waals surface area contributed by atoms with Gasteiger partial charge in [0.1, 0.15) is 18.0 Å². The van der Waals surface area contributed by atoms with Gasteiger partial charge in [0.25, 0.3) is 5.91 Å². The van der Waals surface area contributed by atoms with Gasteiger partial charge in [-0.05, 0) is 37.1 Å². The van der Waals surface area contributed by atoms with Gasteiger partial charge < -0.3 is 24.6 Å². The molecule has 2 heterocycles. The van der Waals surface area contributed by atoms with Crippen molar-refractivity contribution in [2.45, 2.75) is 37.6 Å². The molecule has 1 amide bonds. The number of anilines is 1. The SMILES string of the molecule is O=C(Nc1ccc(OC2CCOC2)cc1)[C@@H]1CC[C@H](C(=O)O)O1. The van der Waals surface area contributed by atoms with E-state index in [0.717, 1.165) is 18.8 Å². The number of carboxylic acid groups (broad SMARTS) is 1. The number of benzene rings is 1. The number of carbonyl (C=O) groups excluding carboxylic acids is 1. The maximum Gasteiger partial charge on any atom is 0.332 e. The molecule has 3 rings (SSSR count). The minimum atomic E-state index is -1.03. The van der Waals surface area contributed by atoms with Gasteiger partial charge in [-0.25, -0.2) is 4.79 Å². The Kier molecular flexibility index (Phi) is 4.78. The van der Waals surface area contributed by atoms with E-state index in [-0.39, 0.29) is 12.0 Å². The van der Waals surface area contributed by atoms with Crippen molar-refractivity contribution in [2.75, 3.05) is 18.5 Å². The normalized spacial score (nSPS) is 26.9. The molecular formula is C16H19NO6. The molecule has 1 aromatic carbocycles. The lowest BCUT2D eigenvalue weighted by molar-refractivity contribution is -0.150. The predicted molar refractivity (Wildman–Crippen MR) is 80.5 cm³/mol. The summed E-state index contributed by atoms with van der Waals surface area (Å²) in [5.74, 6) is -0.633. The third-order valence-electron chi connectivity index (χ3n) is 3.90. The van der Waals surface area contributed by atoms with Gasteiger partial charge in [-0.3, -0.25) is 4.79 Å². The Hall–Kier alpha value is -2.12. The van der Waals surface area contributed by atoms with Gasteiger partial charge >= 0.3 is 5.97 Å². The van der Waals surface area contributed by atoms with Crippen LogP contribution < -0.4 is 10.1 Å². The van der Waals surface area contributed by atoms with Crippen LogP contribution in [0.1, 0.15) is 19.3 Å². The molecule has 7 heteroatoms. The van der Waals surface area contributed by atoms with E-state index in [4.69, 9.17) is 19.3 Å². The topological polar surface area (TPSA) is 94.1 Å². The lowest BCUT2D eigenvalue weighted by atomic mass is 10.2. The van der Waals surface area contributed by atoms with Crippen LogP contribution in [-0.4, -0.2) is 48.5 Å². The van der Waals surface area contributed by atoms with Crippen LogP contribution in [0.15, 0.2) is 24.3 Å². The molecule has 23 heavy (non-hydrogen) atoms. The van der Waals surface area contributed by atoms with Gasteiger partial charge in [0.15, 0.2) is 6.10 Å². The van der Waals surface area contributed by atoms with E-state index in [1.54, 1.807) is 24.3 Å². The molecule has 0 aliphatic carbocycles. The van der Waals surface area contributed by atoms with Crippen LogP contribution in [0.2, 0.25) is 0 Å². The van der Waals surface area contributed by atoms with E-state index >= 15 is 0 Å². The summed E-state index contributed by atoms with van der Waals surface area (Å²) in [7, 11) is 0. The number of nitrogens with one attached hydrogen (secondary N) is 1. The van der Waals surface area contributed by atoms with Crippen LogP contribution in [0.5, 0.6) is 5.75 Å². The molecule has 124 valence electrons. The first-order valence-corrected chi connectivity index (χ1v) is 7.65. The number of carbonyl (C=O) groups is 2. The molecule has 2 aliphatic heterocycles. The molecule has 7 nitrogen and oxygen atoms in total. The van der Waals surface area contributed by atoms with Crippen molar-refractivity contribution < 1.29 is 28.9 Å². The summed E-state index contributed by atoms with van der Waals surface area (Å²) in [6, 6.07) is 7.05. The Morgan fingerprint density at radius 1 is 1.13 bits per heavy atom. The first kappa shape index (κ1) is 15.8. The molecule has 1 aromatic rings. The molecular weight excluding hydrogens is 302 g/mol. The molecule has 0 saturated carbocycles. The predicted octanol–water partition coefficient (Wildman–Crippen LogP) is 1.43. The van der Waals surface area contributed by atoms with Gasteiger partial charge in [-0.15, -0.1) is 0 Å². The third-order valence-corrected chi connectivity index (χ3v) is 3.90. The summed E-state index contributed by atoms with van der Waals surface area (Å²) >= 11 is 0. The number of amides is 1. The Bertz CT molecular complexity index is 566. The molecule has 1 unspecified atom stereocenters. The average molecular weight is 321 g/mol. The van der Waals surface area contributed by atoms with Crippen molar-refractivity contribution in [2.24, 2.45) is 0 Å². The van der Waals surface area contributed by atoms with Crippen molar-refractivity contribution in [3.05, 3.63) is 24.3 Å². The fourth-order valence-electron chi connectivity index (χ4n) is 2.65. The average Bonchev–Trinajstić information content (AvgIpc) is 3.20. The number of ether oxygens (including phenoxy) is 3. The maximum atomic E-state index is 12.1. The van der Waals surface area contributed by atoms with Crippen molar-refractivity contribution >= 4 is 17.6 Å². The summed E-state index contributed by atoms with van der Waals surface area (Å²) in [6.45, 7) is 1.32. The highest BCUT2D eigenvalue weighted by atomic mass is 16.5. The standard InChI is InChI=1S/C16H19NO6/c18-15(13-5-6-14(23-13)16(19)20)17-10-1-3-11(4-2-10)22-12-7-8-21-9-12/h1-4,12-14H,5-9H2,(H,17,18)(H,19,20)/t12?,13-,14+/m0/s1. The highest BCUT2D eigenvalue weighted by Gasteiger charge is 2.34. The largest absolute Gasteiger partial charge is 0.488 e. The van der Waals surface area contributed by atoms with Crippen LogP contribution in [0.25, 0.3) is 0 Å². The van der Waals surface area contributed by atoms with Crippen LogP contribution in [0.4, 0.5) is 5.69 Å². The second kappa shape index (κ2) is 6.97. The lowest BCUT2D eigenvalue weighted by Crippen LogP contribution is -2.29. The van der Waals surface area contributed by atoms with Crippen LogP contribution in [0, 0.1) is 0 Å². The van der Waals surface area contributed by atoms with Crippen molar-refractivity contribution in [1.82, 2.24) is 0 Å². The van der Waals surface area contributed by atoms with E-state index in [9.17, 15) is 9.59 Å². The van der Waals surface area contributed by atoms with Gasteiger partial charge in [0, 0.05) is 12.1 Å². The second-order valence-electron chi connectivity index (χ2n) is 5.65. The van der Waals surface area contributed by atoms with Gasteiger partial charge in [0.2, 0.25) is 0 Å². The molecule has 2 N–H and O–H groups in total. The summed E-state index contributed by atoms with van der Waals surface area (Å²) < 4.78 is 16.2. The zero-order chi connectivity index (χ0) is 16.2. The Balaban J connectivity index is 1.51. The number of rotatable bonds is 5. The number of hydrogen-bond acceptors (Lipinski definition) is 5. The quantitative estimate of drug-likeness (QED) is 0.852. The molecule has 0 radical (unpaired) electrons. The van der Waals surface area contributed by atoms with Crippen molar-refractivity contribution in [3.63, 3.8) is 0 Å². The number of carboxylic acids is 1. The molecule has 0 spiro atoms. The zero-order valence-electron chi connectivity index (χ0n) is 12.6. The van der Waals surface area contributed by atoms with Crippen LogP contribution in [-0.2, 0) is 19.1 Å². The van der Waals surface area contributed by atoms with E-state index in [0.29, 0.717) is 25.1 Å². The van der Waals surface area contributed by atoms with E-state index in [2.05, 4.69) is 5.32 Å². The summed E-state index contributed by atoms with van der Waals surface area (Å²) in [5, 5.41) is 11.6. The minimum Gasteiger partial charge on any atom is -0.488 e. The molecule has 3 atom stereocenters.